The topological polar surface area (TPSA) is 72.3 Å². The molecule has 5 rings (SSSR count). The number of hydrogen-bond donors (Lipinski definition) is 1. The van der Waals surface area contributed by atoms with Crippen molar-refractivity contribution in [3.63, 3.8) is 0 Å². The molecule has 0 bridgehead atoms. The lowest BCUT2D eigenvalue weighted by Gasteiger charge is -2.31. The van der Waals surface area contributed by atoms with E-state index in [1.54, 1.807) is 18.4 Å². The van der Waals surface area contributed by atoms with E-state index in [0.29, 0.717) is 18.1 Å². The second kappa shape index (κ2) is 9.64. The zero-order valence-electron chi connectivity index (χ0n) is 19.1. The number of amides is 1. The summed E-state index contributed by atoms with van der Waals surface area (Å²) < 4.78 is 8.32. The van der Waals surface area contributed by atoms with Gasteiger partial charge in [0.1, 0.15) is 5.75 Å². The summed E-state index contributed by atoms with van der Waals surface area (Å²) in [5, 5.41) is 9.39. The number of carbonyl (C=O) groups is 1. The minimum atomic E-state index is -0.0793. The SMILES string of the molecule is COc1ccccc1CNC(=O)C1CCCN(c2nc3c(s2)c(C)nn3-c2ccc(Cl)cc2)C1. The number of rotatable bonds is 6. The van der Waals surface area contributed by atoms with Gasteiger partial charge in [-0.05, 0) is 50.1 Å². The Labute approximate surface area is 207 Å². The smallest absolute Gasteiger partial charge is 0.225 e. The van der Waals surface area contributed by atoms with Gasteiger partial charge < -0.3 is 15.0 Å². The molecule has 0 aliphatic carbocycles. The van der Waals surface area contributed by atoms with E-state index in [9.17, 15) is 4.79 Å². The molecule has 1 saturated heterocycles. The molecular formula is C25H26ClN5O2S. The normalized spacial score (nSPS) is 16.1. The molecule has 2 aromatic heterocycles. The first kappa shape index (κ1) is 22.7. The quantitative estimate of drug-likeness (QED) is 0.408. The molecule has 176 valence electrons. The van der Waals surface area contributed by atoms with Crippen molar-refractivity contribution in [3.8, 4) is 11.4 Å². The van der Waals surface area contributed by atoms with Crippen molar-refractivity contribution in [2.45, 2.75) is 26.3 Å². The molecule has 1 N–H and O–H groups in total. The van der Waals surface area contributed by atoms with Crippen LogP contribution in [-0.2, 0) is 11.3 Å². The lowest BCUT2D eigenvalue weighted by molar-refractivity contribution is -0.125. The maximum atomic E-state index is 13.0. The van der Waals surface area contributed by atoms with Gasteiger partial charge in [0.15, 0.2) is 10.8 Å². The van der Waals surface area contributed by atoms with Crippen molar-refractivity contribution in [1.29, 1.82) is 0 Å². The molecule has 1 aliphatic heterocycles. The van der Waals surface area contributed by atoms with Crippen LogP contribution in [-0.4, -0.2) is 40.9 Å². The highest BCUT2D eigenvalue weighted by atomic mass is 35.5. The first-order valence-corrected chi connectivity index (χ1v) is 12.5. The maximum absolute atomic E-state index is 13.0. The van der Waals surface area contributed by atoms with E-state index in [-0.39, 0.29) is 11.8 Å². The summed E-state index contributed by atoms with van der Waals surface area (Å²) in [5.74, 6) is 0.775. The molecule has 1 atom stereocenters. The van der Waals surface area contributed by atoms with E-state index < -0.39 is 0 Å². The monoisotopic (exact) mass is 495 g/mol. The van der Waals surface area contributed by atoms with Gasteiger partial charge in [0, 0.05) is 30.2 Å². The van der Waals surface area contributed by atoms with Crippen molar-refractivity contribution in [2.24, 2.45) is 5.92 Å². The summed E-state index contributed by atoms with van der Waals surface area (Å²) in [6.45, 7) is 4.00. The summed E-state index contributed by atoms with van der Waals surface area (Å²) in [6, 6.07) is 15.3. The van der Waals surface area contributed by atoms with Crippen LogP contribution >= 0.6 is 22.9 Å². The van der Waals surface area contributed by atoms with Gasteiger partial charge in [-0.3, -0.25) is 4.79 Å². The zero-order chi connectivity index (χ0) is 23.7. The van der Waals surface area contributed by atoms with Gasteiger partial charge in [-0.25, -0.2) is 4.68 Å². The number of aromatic nitrogens is 3. The molecule has 1 aliphatic rings. The molecule has 0 spiro atoms. The second-order valence-electron chi connectivity index (χ2n) is 8.44. The molecule has 4 aromatic rings. The van der Waals surface area contributed by atoms with E-state index in [4.69, 9.17) is 21.3 Å². The van der Waals surface area contributed by atoms with Gasteiger partial charge in [-0.15, -0.1) is 0 Å². The summed E-state index contributed by atoms with van der Waals surface area (Å²) in [7, 11) is 1.64. The maximum Gasteiger partial charge on any atom is 0.225 e. The van der Waals surface area contributed by atoms with E-state index >= 15 is 0 Å². The fourth-order valence-electron chi connectivity index (χ4n) is 4.36. The third-order valence-electron chi connectivity index (χ3n) is 6.16. The summed E-state index contributed by atoms with van der Waals surface area (Å²) in [4.78, 5) is 20.1. The number of benzene rings is 2. The Kier molecular flexibility index (Phi) is 6.43. The number of halogens is 1. The lowest BCUT2D eigenvalue weighted by Crippen LogP contribution is -2.43. The molecule has 0 saturated carbocycles. The highest BCUT2D eigenvalue weighted by molar-refractivity contribution is 7.22. The Balaban J connectivity index is 1.31. The van der Waals surface area contributed by atoms with Crippen molar-refractivity contribution in [3.05, 3.63) is 64.8 Å². The Hall–Kier alpha value is -3.10. The molecule has 7 nitrogen and oxygen atoms in total. The number of nitrogens with zero attached hydrogens (tertiary/aromatic N) is 4. The Morgan fingerprint density at radius 1 is 1.24 bits per heavy atom. The largest absolute Gasteiger partial charge is 0.496 e. The fourth-order valence-corrected chi connectivity index (χ4v) is 5.51. The summed E-state index contributed by atoms with van der Waals surface area (Å²) >= 11 is 7.69. The predicted octanol–water partition coefficient (Wildman–Crippen LogP) is 4.99. The minimum absolute atomic E-state index is 0.0697. The average Bonchev–Trinajstić information content (AvgIpc) is 3.44. The van der Waals surface area contributed by atoms with Crippen molar-refractivity contribution < 1.29 is 9.53 Å². The van der Waals surface area contributed by atoms with Crippen LogP contribution in [0.1, 0.15) is 24.1 Å². The number of thiazole rings is 1. The summed E-state index contributed by atoms with van der Waals surface area (Å²) in [6.07, 6.45) is 1.82. The highest BCUT2D eigenvalue weighted by Gasteiger charge is 2.28. The fraction of sp³-hybridized carbons (Fsp3) is 0.320. The number of piperidine rings is 1. The van der Waals surface area contributed by atoms with Crippen LogP contribution in [0.5, 0.6) is 5.75 Å². The number of ether oxygens (including phenoxy) is 1. The number of nitrogens with one attached hydrogen (secondary N) is 1. The Morgan fingerprint density at radius 3 is 2.82 bits per heavy atom. The number of aryl methyl sites for hydroxylation is 1. The van der Waals surface area contributed by atoms with Gasteiger partial charge in [-0.1, -0.05) is 41.1 Å². The average molecular weight is 496 g/mol. The van der Waals surface area contributed by atoms with Gasteiger partial charge in [0.05, 0.1) is 29.1 Å². The van der Waals surface area contributed by atoms with E-state index in [0.717, 1.165) is 57.6 Å². The van der Waals surface area contributed by atoms with Crippen LogP contribution in [0.15, 0.2) is 48.5 Å². The molecule has 3 heterocycles. The van der Waals surface area contributed by atoms with Crippen LogP contribution in [0.3, 0.4) is 0 Å². The molecule has 2 aromatic carbocycles. The van der Waals surface area contributed by atoms with E-state index in [1.165, 1.54) is 0 Å². The lowest BCUT2D eigenvalue weighted by atomic mass is 9.97. The minimum Gasteiger partial charge on any atom is -0.496 e. The number of methoxy groups -OCH3 is 1. The highest BCUT2D eigenvalue weighted by Crippen LogP contribution is 2.34. The van der Waals surface area contributed by atoms with Gasteiger partial charge in [0.25, 0.3) is 0 Å². The number of anilines is 1. The van der Waals surface area contributed by atoms with Crippen LogP contribution in [0, 0.1) is 12.8 Å². The number of carbonyl (C=O) groups excluding carboxylic acids is 1. The van der Waals surface area contributed by atoms with Crippen LogP contribution in [0.25, 0.3) is 16.0 Å². The molecule has 1 amide bonds. The van der Waals surface area contributed by atoms with Gasteiger partial charge in [0.2, 0.25) is 5.91 Å². The standard InChI is InChI=1S/C25H26ClN5O2S/c1-16-22-23(31(29-16)20-11-9-19(26)10-12-20)28-25(34-22)30-13-5-7-18(15-30)24(32)27-14-17-6-3-4-8-21(17)33-2/h3-4,6,8-12,18H,5,7,13-15H2,1-2H3,(H,27,32). The van der Waals surface area contributed by atoms with Crippen LogP contribution in [0.4, 0.5) is 5.13 Å². The first-order valence-electron chi connectivity index (χ1n) is 11.3. The third kappa shape index (κ3) is 4.48. The van der Waals surface area contributed by atoms with Crippen LogP contribution < -0.4 is 15.0 Å². The van der Waals surface area contributed by atoms with E-state index in [1.807, 2.05) is 60.1 Å². The van der Waals surface area contributed by atoms with E-state index in [2.05, 4.69) is 15.3 Å². The van der Waals surface area contributed by atoms with Crippen molar-refractivity contribution >= 4 is 44.3 Å². The molecule has 0 radical (unpaired) electrons. The first-order chi connectivity index (χ1) is 16.5. The Bertz CT molecular complexity index is 1320. The molecule has 34 heavy (non-hydrogen) atoms. The molecule has 1 fully saturated rings. The molecule has 1 unspecified atom stereocenters. The van der Waals surface area contributed by atoms with Crippen molar-refractivity contribution in [1.82, 2.24) is 20.1 Å². The summed E-state index contributed by atoms with van der Waals surface area (Å²) in [5.41, 5.74) is 3.67. The van der Waals surface area contributed by atoms with Gasteiger partial charge in [-0.2, -0.15) is 10.1 Å². The van der Waals surface area contributed by atoms with Gasteiger partial charge >= 0.3 is 0 Å². The van der Waals surface area contributed by atoms with Crippen molar-refractivity contribution in [2.75, 3.05) is 25.1 Å². The molecular weight excluding hydrogens is 470 g/mol. The number of hydrogen-bond acceptors (Lipinski definition) is 6. The second-order valence-corrected chi connectivity index (χ2v) is 9.85. The number of fused-ring (bicyclic) bond motifs is 1. The number of para-hydroxylation sites is 1. The zero-order valence-corrected chi connectivity index (χ0v) is 20.7. The third-order valence-corrected chi connectivity index (χ3v) is 7.62. The Morgan fingerprint density at radius 2 is 2.03 bits per heavy atom. The van der Waals surface area contributed by atoms with Crippen LogP contribution in [0.2, 0.25) is 5.02 Å². The predicted molar refractivity (Wildman–Crippen MR) is 136 cm³/mol. The molecule has 9 heteroatoms.